The van der Waals surface area contributed by atoms with Gasteiger partial charge in [-0.15, -0.1) is 0 Å². The Morgan fingerprint density at radius 3 is 2.34 bits per heavy atom. The number of ether oxygens (including phenoxy) is 3. The maximum atomic E-state index is 12.5. The second-order valence-electron chi connectivity index (χ2n) is 8.18. The molecule has 166 valence electrons. The first kappa shape index (κ1) is 25.4. The number of rotatable bonds is 12. The molecule has 0 aromatic rings. The lowest BCUT2D eigenvalue weighted by Gasteiger charge is -2.33. The lowest BCUT2D eigenvalue weighted by Crippen LogP contribution is -2.40. The van der Waals surface area contributed by atoms with Crippen LogP contribution in [0.5, 0.6) is 0 Å². The van der Waals surface area contributed by atoms with Crippen molar-refractivity contribution in [2.75, 3.05) is 21.3 Å². The van der Waals surface area contributed by atoms with Gasteiger partial charge in [0.2, 0.25) is 11.5 Å². The zero-order valence-electron chi connectivity index (χ0n) is 19.3. The van der Waals surface area contributed by atoms with Gasteiger partial charge in [-0.25, -0.2) is 0 Å². The van der Waals surface area contributed by atoms with E-state index in [1.807, 2.05) is 6.92 Å². The van der Waals surface area contributed by atoms with Crippen LogP contribution in [-0.2, 0) is 19.0 Å². The van der Waals surface area contributed by atoms with Gasteiger partial charge in [-0.2, -0.15) is 0 Å². The maximum absolute atomic E-state index is 12.5. The van der Waals surface area contributed by atoms with E-state index >= 15 is 0 Å². The van der Waals surface area contributed by atoms with Crippen molar-refractivity contribution in [1.29, 1.82) is 0 Å². The van der Waals surface area contributed by atoms with Crippen LogP contribution in [0.25, 0.3) is 0 Å². The van der Waals surface area contributed by atoms with E-state index in [2.05, 4.69) is 32.9 Å². The molecule has 0 saturated heterocycles. The number of carbonyl (C=O) groups excluding carboxylic acids is 1. The molecule has 1 N–H and O–H groups in total. The van der Waals surface area contributed by atoms with E-state index in [1.165, 1.54) is 25.4 Å². The summed E-state index contributed by atoms with van der Waals surface area (Å²) in [5, 5.41) is 10.7. The summed E-state index contributed by atoms with van der Waals surface area (Å²) < 4.78 is 15.7. The third-order valence-electron chi connectivity index (χ3n) is 5.96. The van der Waals surface area contributed by atoms with Crippen molar-refractivity contribution in [3.05, 3.63) is 34.8 Å². The summed E-state index contributed by atoms with van der Waals surface area (Å²) >= 11 is 0. The van der Waals surface area contributed by atoms with Gasteiger partial charge in [0.25, 0.3) is 0 Å². The number of methoxy groups -OCH3 is 3. The van der Waals surface area contributed by atoms with E-state index in [0.29, 0.717) is 12.5 Å². The fourth-order valence-electron chi connectivity index (χ4n) is 3.75. The van der Waals surface area contributed by atoms with E-state index in [-0.39, 0.29) is 29.1 Å². The molecule has 0 heterocycles. The second-order valence-corrected chi connectivity index (χ2v) is 8.18. The van der Waals surface area contributed by atoms with Crippen molar-refractivity contribution < 1.29 is 24.1 Å². The normalized spacial score (nSPS) is 24.7. The number of ketones is 1. The van der Waals surface area contributed by atoms with Crippen LogP contribution in [0.1, 0.15) is 66.2 Å². The zero-order valence-corrected chi connectivity index (χ0v) is 19.3. The molecule has 1 aliphatic rings. The first-order valence-electron chi connectivity index (χ1n) is 10.6. The average Bonchev–Trinajstić information content (AvgIpc) is 2.70. The molecular weight excluding hydrogens is 368 g/mol. The van der Waals surface area contributed by atoms with Crippen LogP contribution in [0.3, 0.4) is 0 Å². The van der Waals surface area contributed by atoms with Crippen molar-refractivity contribution >= 4 is 5.78 Å². The molecular formula is C24H40O5. The number of hydrogen-bond acceptors (Lipinski definition) is 5. The Kier molecular flexibility index (Phi) is 11.3. The lowest BCUT2D eigenvalue weighted by atomic mass is 9.77. The Balaban J connectivity index is 2.57. The van der Waals surface area contributed by atoms with Gasteiger partial charge in [-0.05, 0) is 59.3 Å². The van der Waals surface area contributed by atoms with Gasteiger partial charge in [0, 0.05) is 18.9 Å². The molecule has 0 bridgehead atoms. The Hall–Kier alpha value is -1.59. The lowest BCUT2D eigenvalue weighted by molar-refractivity contribution is -0.128. The second kappa shape index (κ2) is 12.9. The minimum Gasteiger partial charge on any atom is -0.494 e. The fourth-order valence-corrected chi connectivity index (χ4v) is 3.75. The number of aliphatic hydroxyl groups excluding tert-OH is 1. The highest BCUT2D eigenvalue weighted by atomic mass is 16.5. The minimum absolute atomic E-state index is 0.105. The van der Waals surface area contributed by atoms with Crippen molar-refractivity contribution in [3.63, 3.8) is 0 Å². The number of hydrogen-bond donors (Lipinski definition) is 1. The van der Waals surface area contributed by atoms with Crippen LogP contribution < -0.4 is 0 Å². The van der Waals surface area contributed by atoms with Crippen molar-refractivity contribution in [2.45, 2.75) is 78.4 Å². The van der Waals surface area contributed by atoms with Crippen LogP contribution in [0.15, 0.2) is 34.8 Å². The van der Waals surface area contributed by atoms with Crippen LogP contribution >= 0.6 is 0 Å². The summed E-state index contributed by atoms with van der Waals surface area (Å²) in [6.45, 7) is 8.25. The number of aliphatic hydroxyl groups is 1. The molecule has 5 nitrogen and oxygen atoms in total. The van der Waals surface area contributed by atoms with Crippen LogP contribution in [0.4, 0.5) is 0 Å². The topological polar surface area (TPSA) is 65.0 Å². The fraction of sp³-hybridized carbons (Fsp3) is 0.708. The molecule has 4 atom stereocenters. The van der Waals surface area contributed by atoms with Gasteiger partial charge >= 0.3 is 0 Å². The molecule has 5 heteroatoms. The number of carbonyl (C=O) groups is 1. The first-order valence-corrected chi connectivity index (χ1v) is 10.6. The Morgan fingerprint density at radius 2 is 1.76 bits per heavy atom. The summed E-state index contributed by atoms with van der Waals surface area (Å²) in [6.07, 6.45) is 9.92. The molecule has 0 aromatic carbocycles. The van der Waals surface area contributed by atoms with E-state index < -0.39 is 6.10 Å². The SMILES string of the molecule is COC1=C(OC)C(O)C(CC=C(C)CCC=C(C)CCCC(C)OC)C(C)C1=O. The molecule has 1 aliphatic carbocycles. The summed E-state index contributed by atoms with van der Waals surface area (Å²) in [6, 6.07) is 0. The molecule has 29 heavy (non-hydrogen) atoms. The third-order valence-corrected chi connectivity index (χ3v) is 5.96. The molecule has 0 spiro atoms. The van der Waals surface area contributed by atoms with E-state index in [9.17, 15) is 9.90 Å². The monoisotopic (exact) mass is 408 g/mol. The standard InChI is InChI=1S/C24H40O5/c1-16(12-9-13-18(3)27-5)10-8-11-17(2)14-15-20-19(4)21(25)23(28-6)24(29-7)22(20)26/h10,14,18-20,22,26H,8-9,11-13,15H2,1-7H3. The molecule has 0 radical (unpaired) electrons. The highest BCUT2D eigenvalue weighted by Gasteiger charge is 2.42. The summed E-state index contributed by atoms with van der Waals surface area (Å²) in [5.74, 6) is -0.226. The quantitative estimate of drug-likeness (QED) is 0.463. The van der Waals surface area contributed by atoms with E-state index in [1.54, 1.807) is 7.11 Å². The summed E-state index contributed by atoms with van der Waals surface area (Å²) in [7, 11) is 4.65. The van der Waals surface area contributed by atoms with Gasteiger partial charge in [0.1, 0.15) is 6.10 Å². The number of allylic oxidation sites excluding steroid dienone is 5. The van der Waals surface area contributed by atoms with E-state index in [0.717, 1.165) is 32.1 Å². The Bertz CT molecular complexity index is 617. The third kappa shape index (κ3) is 7.63. The van der Waals surface area contributed by atoms with Gasteiger partial charge < -0.3 is 19.3 Å². The van der Waals surface area contributed by atoms with Crippen LogP contribution in [0.2, 0.25) is 0 Å². The maximum Gasteiger partial charge on any atom is 0.204 e. The van der Waals surface area contributed by atoms with Gasteiger partial charge in [0.05, 0.1) is 20.3 Å². The van der Waals surface area contributed by atoms with Crippen molar-refractivity contribution in [2.24, 2.45) is 11.8 Å². The Morgan fingerprint density at radius 1 is 1.10 bits per heavy atom. The van der Waals surface area contributed by atoms with Crippen LogP contribution in [-0.4, -0.2) is 44.4 Å². The van der Waals surface area contributed by atoms with E-state index in [4.69, 9.17) is 14.2 Å². The van der Waals surface area contributed by atoms with Gasteiger partial charge in [0.15, 0.2) is 5.76 Å². The number of Topliss-reactive ketones (excluding diaryl/α,β-unsaturated/α-hetero) is 1. The molecule has 0 aromatic heterocycles. The molecule has 0 fully saturated rings. The largest absolute Gasteiger partial charge is 0.494 e. The molecule has 0 saturated carbocycles. The van der Waals surface area contributed by atoms with Crippen LogP contribution in [0, 0.1) is 11.8 Å². The highest BCUT2D eigenvalue weighted by Crippen LogP contribution is 2.35. The first-order chi connectivity index (χ1) is 13.8. The Labute approximate surface area is 176 Å². The van der Waals surface area contributed by atoms with Gasteiger partial charge in [-0.3, -0.25) is 4.79 Å². The average molecular weight is 409 g/mol. The zero-order chi connectivity index (χ0) is 22.0. The van der Waals surface area contributed by atoms with Crippen molar-refractivity contribution in [1.82, 2.24) is 0 Å². The minimum atomic E-state index is -0.830. The van der Waals surface area contributed by atoms with Crippen molar-refractivity contribution in [3.8, 4) is 0 Å². The molecule has 1 rings (SSSR count). The predicted molar refractivity (Wildman–Crippen MR) is 116 cm³/mol. The van der Waals surface area contributed by atoms with Gasteiger partial charge in [-0.1, -0.05) is 30.2 Å². The highest BCUT2D eigenvalue weighted by molar-refractivity contribution is 5.97. The summed E-state index contributed by atoms with van der Waals surface area (Å²) in [4.78, 5) is 12.5. The molecule has 4 unspecified atom stereocenters. The smallest absolute Gasteiger partial charge is 0.204 e. The summed E-state index contributed by atoms with van der Waals surface area (Å²) in [5.41, 5.74) is 2.69. The molecule has 0 amide bonds. The molecule has 0 aliphatic heterocycles. The predicted octanol–water partition coefficient (Wildman–Crippen LogP) is 4.95.